The first-order valence-electron chi connectivity index (χ1n) is 9.24. The average molecular weight is 394 g/mol. The quantitative estimate of drug-likeness (QED) is 0.271. The zero-order chi connectivity index (χ0) is 21.2. The molecule has 0 unspecified atom stereocenters. The van der Waals surface area contributed by atoms with Crippen molar-refractivity contribution in [1.29, 1.82) is 0 Å². The Bertz CT molecular complexity index is 682. The molecule has 0 atom stereocenters. The molecule has 0 aliphatic heterocycles. The summed E-state index contributed by atoms with van der Waals surface area (Å²) in [6.07, 6.45) is 1.95. The molecule has 0 aromatic heterocycles. The number of benzene rings is 1. The summed E-state index contributed by atoms with van der Waals surface area (Å²) < 4.78 is 15.2. The lowest BCUT2D eigenvalue weighted by atomic mass is 10.0. The number of unbranched alkanes of at least 4 members (excludes halogenated alkanes) is 2. The van der Waals surface area contributed by atoms with E-state index in [0.717, 1.165) is 12.8 Å². The third-order valence-electron chi connectivity index (χ3n) is 3.70. The van der Waals surface area contributed by atoms with Crippen molar-refractivity contribution >= 4 is 17.8 Å². The number of methoxy groups -OCH3 is 1. The number of hydrogen-bond donors (Lipinski definition) is 2. The zero-order valence-corrected chi connectivity index (χ0v) is 17.0. The van der Waals surface area contributed by atoms with Crippen molar-refractivity contribution in [2.24, 2.45) is 5.73 Å². The molecule has 0 heterocycles. The number of rotatable bonds is 10. The van der Waals surface area contributed by atoms with E-state index in [0.29, 0.717) is 18.5 Å². The predicted molar refractivity (Wildman–Crippen MR) is 104 cm³/mol. The number of ketones is 1. The van der Waals surface area contributed by atoms with Crippen LogP contribution in [0.4, 0.5) is 4.79 Å². The third kappa shape index (κ3) is 7.96. The van der Waals surface area contributed by atoms with Gasteiger partial charge in [-0.3, -0.25) is 10.5 Å². The monoisotopic (exact) mass is 394 g/mol. The van der Waals surface area contributed by atoms with Gasteiger partial charge in [-0.25, -0.2) is 9.59 Å². The second-order valence-corrected chi connectivity index (χ2v) is 7.15. The Hall–Kier alpha value is -2.61. The summed E-state index contributed by atoms with van der Waals surface area (Å²) in [6, 6.07) is 4.73. The van der Waals surface area contributed by atoms with Crippen LogP contribution < -0.4 is 15.8 Å². The first kappa shape index (κ1) is 23.4. The minimum Gasteiger partial charge on any atom is -0.477 e. The number of carbonyl (C=O) groups excluding carboxylic acids is 3. The number of alkyl carbamates (subject to hydrolysis) is 1. The smallest absolute Gasteiger partial charge is 0.407 e. The summed E-state index contributed by atoms with van der Waals surface area (Å²) in [6.45, 7) is 5.72. The highest BCUT2D eigenvalue weighted by Crippen LogP contribution is 2.26. The van der Waals surface area contributed by atoms with Gasteiger partial charge in [0.05, 0.1) is 12.7 Å². The van der Waals surface area contributed by atoms with Crippen LogP contribution in [0.3, 0.4) is 0 Å². The summed E-state index contributed by atoms with van der Waals surface area (Å²) in [5, 5.41) is 2.68. The molecule has 156 valence electrons. The zero-order valence-electron chi connectivity index (χ0n) is 17.0. The molecule has 0 aliphatic carbocycles. The van der Waals surface area contributed by atoms with Crippen molar-refractivity contribution in [3.63, 3.8) is 0 Å². The lowest BCUT2D eigenvalue weighted by Crippen LogP contribution is -2.32. The van der Waals surface area contributed by atoms with Gasteiger partial charge < -0.3 is 19.5 Å². The van der Waals surface area contributed by atoms with Crippen LogP contribution in [0.15, 0.2) is 18.2 Å². The predicted octanol–water partition coefficient (Wildman–Crippen LogP) is 3.04. The van der Waals surface area contributed by atoms with Crippen molar-refractivity contribution in [3.05, 3.63) is 29.3 Å². The first-order chi connectivity index (χ1) is 13.2. The highest BCUT2D eigenvalue weighted by molar-refractivity contribution is 6.03. The normalized spacial score (nSPS) is 10.9. The van der Waals surface area contributed by atoms with Crippen molar-refractivity contribution in [3.8, 4) is 5.75 Å². The number of nitrogens with one attached hydrogen (secondary N) is 1. The van der Waals surface area contributed by atoms with Crippen LogP contribution in [0.2, 0.25) is 0 Å². The van der Waals surface area contributed by atoms with Crippen LogP contribution >= 0.6 is 0 Å². The van der Waals surface area contributed by atoms with E-state index in [1.54, 1.807) is 32.9 Å². The van der Waals surface area contributed by atoms with Gasteiger partial charge in [0.2, 0.25) is 0 Å². The molecule has 8 nitrogen and oxygen atoms in total. The van der Waals surface area contributed by atoms with E-state index in [9.17, 15) is 14.4 Å². The molecule has 0 fully saturated rings. The van der Waals surface area contributed by atoms with E-state index in [1.165, 1.54) is 13.2 Å². The van der Waals surface area contributed by atoms with Gasteiger partial charge in [-0.15, -0.1) is 0 Å². The number of para-hydroxylation sites is 1. The maximum Gasteiger partial charge on any atom is 0.407 e. The number of hydrogen-bond acceptors (Lipinski definition) is 7. The Labute approximate surface area is 165 Å². The molecular formula is C20H30N2O6. The molecule has 8 heteroatoms. The summed E-state index contributed by atoms with van der Waals surface area (Å²) in [7, 11) is 1.26. The molecule has 3 N–H and O–H groups in total. The fourth-order valence-electron chi connectivity index (χ4n) is 2.49. The van der Waals surface area contributed by atoms with E-state index in [1.807, 2.05) is 0 Å². The number of ether oxygens (including phenoxy) is 3. The molecule has 0 saturated carbocycles. The SMILES string of the molecule is COC(=O)c1cccc(C(=O)CCCCCNC(=O)OC(C)(C)C)c1OCN. The van der Waals surface area contributed by atoms with Crippen molar-refractivity contribution < 1.29 is 28.6 Å². The number of esters is 1. The topological polar surface area (TPSA) is 117 Å². The molecule has 1 rings (SSSR count). The molecule has 1 aromatic rings. The van der Waals surface area contributed by atoms with Gasteiger partial charge in [-0.05, 0) is 45.7 Å². The molecule has 0 bridgehead atoms. The maximum absolute atomic E-state index is 12.5. The molecular weight excluding hydrogens is 364 g/mol. The summed E-state index contributed by atoms with van der Waals surface area (Å²) in [4.78, 5) is 35.9. The lowest BCUT2D eigenvalue weighted by molar-refractivity contribution is 0.0525. The van der Waals surface area contributed by atoms with Gasteiger partial charge in [0.1, 0.15) is 23.6 Å². The molecule has 28 heavy (non-hydrogen) atoms. The highest BCUT2D eigenvalue weighted by Gasteiger charge is 2.20. The third-order valence-corrected chi connectivity index (χ3v) is 3.70. The van der Waals surface area contributed by atoms with Crippen molar-refractivity contribution in [1.82, 2.24) is 5.32 Å². The largest absolute Gasteiger partial charge is 0.477 e. The highest BCUT2D eigenvalue weighted by atomic mass is 16.6. The number of nitrogens with two attached hydrogens (primary N) is 1. The number of carbonyl (C=O) groups is 3. The van der Waals surface area contributed by atoms with E-state index in [-0.39, 0.29) is 30.2 Å². The Kier molecular flexibility index (Phi) is 9.44. The Balaban J connectivity index is 2.51. The average Bonchev–Trinajstić information content (AvgIpc) is 2.62. The number of Topliss-reactive ketones (excluding diaryl/α,β-unsaturated/α-hetero) is 1. The first-order valence-corrected chi connectivity index (χ1v) is 9.24. The molecule has 1 amide bonds. The Morgan fingerprint density at radius 2 is 1.75 bits per heavy atom. The van der Waals surface area contributed by atoms with Crippen LogP contribution in [-0.2, 0) is 9.47 Å². The molecule has 0 radical (unpaired) electrons. The van der Waals surface area contributed by atoms with Gasteiger partial charge in [0.15, 0.2) is 5.78 Å². The Morgan fingerprint density at radius 1 is 1.07 bits per heavy atom. The van der Waals surface area contributed by atoms with Crippen molar-refractivity contribution in [2.45, 2.75) is 52.1 Å². The van der Waals surface area contributed by atoms with Gasteiger partial charge in [0, 0.05) is 13.0 Å². The second kappa shape index (κ2) is 11.3. The molecule has 1 aromatic carbocycles. The van der Waals surface area contributed by atoms with Crippen LogP contribution in [0.5, 0.6) is 5.75 Å². The second-order valence-electron chi connectivity index (χ2n) is 7.15. The number of amides is 1. The Morgan fingerprint density at radius 3 is 2.36 bits per heavy atom. The fourth-order valence-corrected chi connectivity index (χ4v) is 2.49. The standard InChI is InChI=1S/C20H30N2O6/c1-20(2,3)28-19(25)22-12-7-5-6-11-16(23)14-9-8-10-15(18(24)26-4)17(14)27-13-21/h8-10H,5-7,11-13,21H2,1-4H3,(H,22,25). The molecule has 0 saturated heterocycles. The van der Waals surface area contributed by atoms with Gasteiger partial charge in [-0.2, -0.15) is 0 Å². The van der Waals surface area contributed by atoms with E-state index in [2.05, 4.69) is 5.32 Å². The molecule has 0 spiro atoms. The fraction of sp³-hybridized carbons (Fsp3) is 0.550. The van der Waals surface area contributed by atoms with E-state index in [4.69, 9.17) is 19.9 Å². The summed E-state index contributed by atoms with van der Waals surface area (Å²) in [5.41, 5.74) is 5.37. The summed E-state index contributed by atoms with van der Waals surface area (Å²) >= 11 is 0. The van der Waals surface area contributed by atoms with Crippen molar-refractivity contribution in [2.75, 3.05) is 20.4 Å². The minimum absolute atomic E-state index is 0.144. The minimum atomic E-state index is -0.591. The van der Waals surface area contributed by atoms with Crippen LogP contribution in [0.1, 0.15) is 67.2 Å². The van der Waals surface area contributed by atoms with Gasteiger partial charge in [-0.1, -0.05) is 12.5 Å². The molecule has 0 aliphatic rings. The van der Waals surface area contributed by atoms with E-state index >= 15 is 0 Å². The van der Waals surface area contributed by atoms with Gasteiger partial charge >= 0.3 is 12.1 Å². The summed E-state index contributed by atoms with van der Waals surface area (Å²) in [5.74, 6) is -0.589. The lowest BCUT2D eigenvalue weighted by Gasteiger charge is -2.19. The van der Waals surface area contributed by atoms with E-state index < -0.39 is 17.7 Å². The maximum atomic E-state index is 12.5. The van der Waals surface area contributed by atoms with Gasteiger partial charge in [0.25, 0.3) is 0 Å². The van der Waals surface area contributed by atoms with Crippen LogP contribution in [0.25, 0.3) is 0 Å². The van der Waals surface area contributed by atoms with Crippen LogP contribution in [0, 0.1) is 0 Å². The van der Waals surface area contributed by atoms with Crippen LogP contribution in [-0.4, -0.2) is 43.8 Å².